The van der Waals surface area contributed by atoms with Gasteiger partial charge in [0.25, 0.3) is 0 Å². The molecule has 0 fully saturated rings. The summed E-state index contributed by atoms with van der Waals surface area (Å²) in [5, 5.41) is 0. The van der Waals surface area contributed by atoms with Crippen LogP contribution >= 0.6 is 0 Å². The van der Waals surface area contributed by atoms with E-state index in [1.165, 1.54) is 5.56 Å². The van der Waals surface area contributed by atoms with Crippen LogP contribution in [0.15, 0.2) is 61.2 Å². The van der Waals surface area contributed by atoms with Crippen LogP contribution in [0, 0.1) is 0 Å². The van der Waals surface area contributed by atoms with Crippen molar-refractivity contribution in [3.63, 3.8) is 0 Å². The predicted octanol–water partition coefficient (Wildman–Crippen LogP) is 3.06. The van der Waals surface area contributed by atoms with E-state index in [0.29, 0.717) is 0 Å². The summed E-state index contributed by atoms with van der Waals surface area (Å²) in [5.74, 6) is 0. The third-order valence-corrected chi connectivity index (χ3v) is 2.86. The molecule has 0 aliphatic carbocycles. The van der Waals surface area contributed by atoms with E-state index in [2.05, 4.69) is 39.2 Å². The molecule has 1 N–H and O–H groups in total. The molecule has 1 aromatic carbocycles. The highest BCUT2D eigenvalue weighted by molar-refractivity contribution is 5.58. The summed E-state index contributed by atoms with van der Waals surface area (Å²) >= 11 is 0. The average molecular weight is 235 g/mol. The molecule has 88 valence electrons. The highest BCUT2D eigenvalue weighted by Crippen LogP contribution is 2.17. The third kappa shape index (κ3) is 2.30. The summed E-state index contributed by atoms with van der Waals surface area (Å²) in [7, 11) is 0. The summed E-state index contributed by atoms with van der Waals surface area (Å²) in [4.78, 5) is 11.5. The van der Waals surface area contributed by atoms with Crippen molar-refractivity contribution in [1.82, 2.24) is 15.0 Å². The Morgan fingerprint density at radius 1 is 0.944 bits per heavy atom. The van der Waals surface area contributed by atoms with Crippen LogP contribution in [0.4, 0.5) is 0 Å². The highest BCUT2D eigenvalue weighted by atomic mass is 14.9. The first-order valence-electron chi connectivity index (χ1n) is 5.90. The Morgan fingerprint density at radius 2 is 1.83 bits per heavy atom. The molecule has 0 bridgehead atoms. The lowest BCUT2D eigenvalue weighted by Gasteiger charge is -2.02. The van der Waals surface area contributed by atoms with Crippen molar-refractivity contribution < 1.29 is 0 Å². The number of rotatable bonds is 3. The van der Waals surface area contributed by atoms with Crippen LogP contribution in [0.2, 0.25) is 0 Å². The van der Waals surface area contributed by atoms with Crippen molar-refractivity contribution in [2.24, 2.45) is 0 Å². The summed E-state index contributed by atoms with van der Waals surface area (Å²) in [6, 6.07) is 14.4. The quantitative estimate of drug-likeness (QED) is 0.758. The summed E-state index contributed by atoms with van der Waals surface area (Å²) in [5.41, 5.74) is 4.44. The predicted molar refractivity (Wildman–Crippen MR) is 71.1 cm³/mol. The van der Waals surface area contributed by atoms with Crippen molar-refractivity contribution in [2.75, 3.05) is 0 Å². The van der Waals surface area contributed by atoms with Gasteiger partial charge in [0.05, 0.1) is 12.0 Å². The molecule has 0 saturated heterocycles. The van der Waals surface area contributed by atoms with E-state index in [1.54, 1.807) is 6.33 Å². The molecule has 0 saturated carbocycles. The van der Waals surface area contributed by atoms with Crippen molar-refractivity contribution in [3.8, 4) is 11.3 Å². The SMILES string of the molecule is c1ccc(Cc2ccc(-c3c[nH]cn3)cc2)nc1. The van der Waals surface area contributed by atoms with E-state index < -0.39 is 0 Å². The van der Waals surface area contributed by atoms with Crippen LogP contribution in [0.1, 0.15) is 11.3 Å². The number of imidazole rings is 1. The molecule has 3 heteroatoms. The van der Waals surface area contributed by atoms with Gasteiger partial charge in [-0.1, -0.05) is 30.3 Å². The maximum Gasteiger partial charge on any atom is 0.0927 e. The fourth-order valence-corrected chi connectivity index (χ4v) is 1.92. The smallest absolute Gasteiger partial charge is 0.0927 e. The van der Waals surface area contributed by atoms with Crippen LogP contribution in [-0.4, -0.2) is 15.0 Å². The second kappa shape index (κ2) is 4.84. The van der Waals surface area contributed by atoms with Crippen molar-refractivity contribution in [2.45, 2.75) is 6.42 Å². The Kier molecular flexibility index (Phi) is 2.88. The van der Waals surface area contributed by atoms with Crippen LogP contribution in [0.5, 0.6) is 0 Å². The van der Waals surface area contributed by atoms with Gasteiger partial charge in [0, 0.05) is 30.1 Å². The molecule has 0 unspecified atom stereocenters. The Morgan fingerprint density at radius 3 is 2.50 bits per heavy atom. The Bertz CT molecular complexity index is 598. The van der Waals surface area contributed by atoms with Gasteiger partial charge in [0.15, 0.2) is 0 Å². The topological polar surface area (TPSA) is 41.6 Å². The molecule has 0 aliphatic rings. The second-order valence-electron chi connectivity index (χ2n) is 4.15. The number of hydrogen-bond acceptors (Lipinski definition) is 2. The minimum absolute atomic E-state index is 0.863. The van der Waals surface area contributed by atoms with Gasteiger partial charge in [-0.25, -0.2) is 4.98 Å². The van der Waals surface area contributed by atoms with Crippen molar-refractivity contribution in [1.29, 1.82) is 0 Å². The maximum atomic E-state index is 4.33. The Labute approximate surface area is 106 Å². The molecule has 3 aromatic rings. The van der Waals surface area contributed by atoms with E-state index in [-0.39, 0.29) is 0 Å². The number of pyridine rings is 1. The molecular weight excluding hydrogens is 222 g/mol. The molecule has 0 radical (unpaired) electrons. The Hall–Kier alpha value is -2.42. The minimum atomic E-state index is 0.863. The van der Waals surface area contributed by atoms with Gasteiger partial charge < -0.3 is 4.98 Å². The molecule has 3 nitrogen and oxygen atoms in total. The molecule has 0 spiro atoms. The normalized spacial score (nSPS) is 10.4. The molecule has 2 aromatic heterocycles. The van der Waals surface area contributed by atoms with Crippen molar-refractivity contribution in [3.05, 3.63) is 72.4 Å². The first-order chi connectivity index (χ1) is 8.92. The fraction of sp³-hybridized carbons (Fsp3) is 0.0667. The standard InChI is InChI=1S/C15H13N3/c1-2-8-17-14(3-1)9-12-4-6-13(7-5-12)15-10-16-11-18-15/h1-8,10-11H,9H2,(H,16,18). The number of nitrogens with one attached hydrogen (secondary N) is 1. The average Bonchev–Trinajstić information content (AvgIpc) is 2.95. The number of nitrogens with zero attached hydrogens (tertiary/aromatic N) is 2. The zero-order valence-corrected chi connectivity index (χ0v) is 9.88. The Balaban J connectivity index is 1.80. The van der Waals surface area contributed by atoms with Crippen LogP contribution < -0.4 is 0 Å². The van der Waals surface area contributed by atoms with E-state index >= 15 is 0 Å². The van der Waals surface area contributed by atoms with E-state index in [9.17, 15) is 0 Å². The van der Waals surface area contributed by atoms with Crippen LogP contribution in [-0.2, 0) is 6.42 Å². The van der Waals surface area contributed by atoms with Gasteiger partial charge in [-0.15, -0.1) is 0 Å². The second-order valence-corrected chi connectivity index (χ2v) is 4.15. The number of hydrogen-bond donors (Lipinski definition) is 1. The maximum absolute atomic E-state index is 4.33. The molecule has 3 rings (SSSR count). The number of H-pyrrole nitrogens is 1. The lowest BCUT2D eigenvalue weighted by molar-refractivity contribution is 1.07. The number of aromatic amines is 1. The van der Waals surface area contributed by atoms with E-state index in [1.807, 2.05) is 30.6 Å². The summed E-state index contributed by atoms with van der Waals surface area (Å²) in [6.45, 7) is 0. The number of benzene rings is 1. The van der Waals surface area contributed by atoms with E-state index in [0.717, 1.165) is 23.4 Å². The van der Waals surface area contributed by atoms with Gasteiger partial charge >= 0.3 is 0 Å². The number of aromatic nitrogens is 3. The first kappa shape index (κ1) is 10.7. The monoisotopic (exact) mass is 235 g/mol. The lowest BCUT2D eigenvalue weighted by atomic mass is 10.1. The molecule has 2 heterocycles. The van der Waals surface area contributed by atoms with Gasteiger partial charge in [-0.3, -0.25) is 4.98 Å². The molecular formula is C15H13N3. The first-order valence-corrected chi connectivity index (χ1v) is 5.90. The highest BCUT2D eigenvalue weighted by Gasteiger charge is 2.00. The molecule has 0 aliphatic heterocycles. The molecule has 0 atom stereocenters. The fourth-order valence-electron chi connectivity index (χ4n) is 1.92. The van der Waals surface area contributed by atoms with Gasteiger partial charge in [-0.2, -0.15) is 0 Å². The largest absolute Gasteiger partial charge is 0.351 e. The minimum Gasteiger partial charge on any atom is -0.351 e. The summed E-state index contributed by atoms with van der Waals surface area (Å²) in [6.07, 6.45) is 6.28. The zero-order valence-electron chi connectivity index (χ0n) is 9.88. The van der Waals surface area contributed by atoms with Crippen LogP contribution in [0.25, 0.3) is 11.3 Å². The summed E-state index contributed by atoms with van der Waals surface area (Å²) < 4.78 is 0. The van der Waals surface area contributed by atoms with Gasteiger partial charge in [0.1, 0.15) is 0 Å². The lowest BCUT2D eigenvalue weighted by Crippen LogP contribution is -1.90. The molecule has 0 amide bonds. The van der Waals surface area contributed by atoms with Gasteiger partial charge in [0.2, 0.25) is 0 Å². The zero-order chi connectivity index (χ0) is 12.2. The van der Waals surface area contributed by atoms with Crippen molar-refractivity contribution >= 4 is 0 Å². The third-order valence-electron chi connectivity index (χ3n) is 2.86. The van der Waals surface area contributed by atoms with Gasteiger partial charge in [-0.05, 0) is 17.7 Å². The molecule has 18 heavy (non-hydrogen) atoms. The van der Waals surface area contributed by atoms with E-state index in [4.69, 9.17) is 0 Å². The van der Waals surface area contributed by atoms with Crippen LogP contribution in [0.3, 0.4) is 0 Å².